The van der Waals surface area contributed by atoms with E-state index < -0.39 is 40.6 Å². The molecule has 146 valence electrons. The first-order chi connectivity index (χ1) is 12.3. The number of hydrogen-bond donors (Lipinski definition) is 1. The first-order valence-electron chi connectivity index (χ1n) is 8.39. The molecule has 9 nitrogen and oxygen atoms in total. The highest BCUT2D eigenvalue weighted by atomic mass is 32.2. The van der Waals surface area contributed by atoms with Crippen molar-refractivity contribution in [2.75, 3.05) is 26.2 Å². The number of amides is 1. The molecule has 0 aliphatic rings. The molecule has 0 aliphatic carbocycles. The second-order valence-electron chi connectivity index (χ2n) is 5.43. The highest BCUT2D eigenvalue weighted by Crippen LogP contribution is 2.13. The van der Waals surface area contributed by atoms with E-state index in [1.165, 1.54) is 10.4 Å². The number of sulfonamides is 1. The van der Waals surface area contributed by atoms with E-state index in [2.05, 4.69) is 5.32 Å². The van der Waals surface area contributed by atoms with Crippen LogP contribution in [0.15, 0.2) is 28.0 Å². The molecule has 0 fully saturated rings. The lowest BCUT2D eigenvalue weighted by atomic mass is 10.4. The summed E-state index contributed by atoms with van der Waals surface area (Å²) in [5.74, 6) is -1.25. The minimum Gasteiger partial charge on any atom is -0.454 e. The Bertz CT molecular complexity index is 783. The molecule has 1 amide bonds. The van der Waals surface area contributed by atoms with Crippen molar-refractivity contribution in [3.05, 3.63) is 28.7 Å². The van der Waals surface area contributed by atoms with Gasteiger partial charge in [0.1, 0.15) is 6.54 Å². The number of hydrogen-bond acceptors (Lipinski definition) is 6. The van der Waals surface area contributed by atoms with Crippen molar-refractivity contribution in [2.24, 2.45) is 0 Å². The Morgan fingerprint density at radius 1 is 1.19 bits per heavy atom. The number of ether oxygens (including phenoxy) is 1. The summed E-state index contributed by atoms with van der Waals surface area (Å²) in [7, 11) is -3.75. The lowest BCUT2D eigenvalue weighted by molar-refractivity contribution is -0.149. The number of nitrogens with one attached hydrogen (secondary N) is 1. The van der Waals surface area contributed by atoms with Crippen LogP contribution < -0.4 is 10.9 Å². The minimum absolute atomic E-state index is 0.0886. The minimum atomic E-state index is -3.75. The van der Waals surface area contributed by atoms with Crippen LogP contribution in [0.4, 0.5) is 0 Å². The van der Waals surface area contributed by atoms with Gasteiger partial charge < -0.3 is 14.6 Å². The van der Waals surface area contributed by atoms with Crippen LogP contribution in [0.25, 0.3) is 0 Å². The van der Waals surface area contributed by atoms with E-state index in [4.69, 9.17) is 4.74 Å². The Labute approximate surface area is 153 Å². The quantitative estimate of drug-likeness (QED) is 0.563. The number of nitrogens with zero attached hydrogens (tertiary/aromatic N) is 2. The topological polar surface area (TPSA) is 115 Å². The molecule has 1 aromatic heterocycles. The van der Waals surface area contributed by atoms with Gasteiger partial charge in [0.05, 0.1) is 4.90 Å². The number of pyridine rings is 1. The number of rotatable bonds is 10. The van der Waals surface area contributed by atoms with Gasteiger partial charge in [0, 0.05) is 31.9 Å². The summed E-state index contributed by atoms with van der Waals surface area (Å²) in [6.45, 7) is 5.40. The Balaban J connectivity index is 2.87. The Hall–Kier alpha value is -2.20. The van der Waals surface area contributed by atoms with Gasteiger partial charge in [-0.2, -0.15) is 4.31 Å². The van der Waals surface area contributed by atoms with Gasteiger partial charge in [0.2, 0.25) is 10.0 Å². The van der Waals surface area contributed by atoms with Crippen LogP contribution in [0.5, 0.6) is 0 Å². The number of carbonyl (C=O) groups excluding carboxylic acids is 2. The van der Waals surface area contributed by atoms with Crippen LogP contribution in [0, 0.1) is 0 Å². The van der Waals surface area contributed by atoms with Crippen LogP contribution in [0.2, 0.25) is 0 Å². The third-order valence-electron chi connectivity index (χ3n) is 3.54. The molecular formula is C16H25N3O6S. The molecule has 26 heavy (non-hydrogen) atoms. The average molecular weight is 387 g/mol. The van der Waals surface area contributed by atoms with Crippen molar-refractivity contribution in [2.45, 2.75) is 38.6 Å². The zero-order valence-corrected chi connectivity index (χ0v) is 16.0. The Morgan fingerprint density at radius 2 is 1.85 bits per heavy atom. The Morgan fingerprint density at radius 3 is 2.42 bits per heavy atom. The van der Waals surface area contributed by atoms with Gasteiger partial charge in [0.25, 0.3) is 11.5 Å². The molecule has 1 heterocycles. The average Bonchev–Trinajstić information content (AvgIpc) is 2.60. The van der Waals surface area contributed by atoms with Gasteiger partial charge in [-0.25, -0.2) is 8.42 Å². The number of carbonyl (C=O) groups is 2. The van der Waals surface area contributed by atoms with Crippen molar-refractivity contribution >= 4 is 21.9 Å². The summed E-state index contributed by atoms with van der Waals surface area (Å²) in [4.78, 5) is 35.0. The third-order valence-corrected chi connectivity index (χ3v) is 5.57. The van der Waals surface area contributed by atoms with E-state index in [0.29, 0.717) is 6.54 Å². The summed E-state index contributed by atoms with van der Waals surface area (Å²) in [6.07, 6.45) is 1.86. The first kappa shape index (κ1) is 21.8. The Kier molecular flexibility index (Phi) is 8.46. The van der Waals surface area contributed by atoms with Gasteiger partial charge in [-0.3, -0.25) is 14.4 Å². The van der Waals surface area contributed by atoms with E-state index >= 15 is 0 Å². The summed E-state index contributed by atoms with van der Waals surface area (Å²) >= 11 is 0. The maximum absolute atomic E-state index is 12.5. The molecule has 0 saturated carbocycles. The maximum Gasteiger partial charge on any atom is 0.326 e. The van der Waals surface area contributed by atoms with Crippen LogP contribution in [-0.4, -0.2) is 55.4 Å². The fourth-order valence-electron chi connectivity index (χ4n) is 2.14. The number of aromatic nitrogens is 1. The van der Waals surface area contributed by atoms with Crippen LogP contribution in [-0.2, 0) is 30.9 Å². The van der Waals surface area contributed by atoms with E-state index in [-0.39, 0.29) is 18.0 Å². The molecule has 10 heteroatoms. The molecule has 0 radical (unpaired) electrons. The standard InChI is InChI=1S/C16H25N3O6S/c1-4-9-17-14(20)12-25-16(22)11-18-10-13(7-8-15(18)21)26(23,24)19(5-2)6-3/h7-8,10H,4-6,9,11-12H2,1-3H3,(H,17,20). The van der Waals surface area contributed by atoms with Crippen molar-refractivity contribution in [3.63, 3.8) is 0 Å². The lowest BCUT2D eigenvalue weighted by Gasteiger charge is -2.18. The van der Waals surface area contributed by atoms with E-state index in [0.717, 1.165) is 23.3 Å². The van der Waals surface area contributed by atoms with Gasteiger partial charge in [0.15, 0.2) is 6.61 Å². The van der Waals surface area contributed by atoms with Gasteiger partial charge in [-0.1, -0.05) is 20.8 Å². The maximum atomic E-state index is 12.5. The second-order valence-corrected chi connectivity index (χ2v) is 7.37. The normalized spacial score (nSPS) is 11.4. The number of esters is 1. The molecule has 0 saturated heterocycles. The fourth-order valence-corrected chi connectivity index (χ4v) is 3.62. The SMILES string of the molecule is CCCNC(=O)COC(=O)Cn1cc(S(=O)(=O)N(CC)CC)ccc1=O. The highest BCUT2D eigenvalue weighted by molar-refractivity contribution is 7.89. The zero-order chi connectivity index (χ0) is 19.7. The van der Waals surface area contributed by atoms with Gasteiger partial charge in [-0.15, -0.1) is 0 Å². The van der Waals surface area contributed by atoms with Crippen molar-refractivity contribution in [3.8, 4) is 0 Å². The third kappa shape index (κ3) is 5.95. The molecular weight excluding hydrogens is 362 g/mol. The smallest absolute Gasteiger partial charge is 0.326 e. The lowest BCUT2D eigenvalue weighted by Crippen LogP contribution is -2.33. The predicted molar refractivity (Wildman–Crippen MR) is 95.1 cm³/mol. The van der Waals surface area contributed by atoms with Crippen molar-refractivity contribution in [1.82, 2.24) is 14.2 Å². The molecule has 0 unspecified atom stereocenters. The van der Waals surface area contributed by atoms with E-state index in [1.807, 2.05) is 6.92 Å². The van der Waals surface area contributed by atoms with Gasteiger partial charge in [-0.05, 0) is 12.5 Å². The molecule has 0 spiro atoms. The fraction of sp³-hybridized carbons (Fsp3) is 0.562. The first-order valence-corrected chi connectivity index (χ1v) is 9.83. The van der Waals surface area contributed by atoms with Crippen molar-refractivity contribution in [1.29, 1.82) is 0 Å². The summed E-state index contributed by atoms with van der Waals surface area (Å²) in [5.41, 5.74) is -0.545. The molecule has 1 rings (SSSR count). The van der Waals surface area contributed by atoms with Crippen molar-refractivity contribution < 1.29 is 22.7 Å². The van der Waals surface area contributed by atoms with Gasteiger partial charge >= 0.3 is 5.97 Å². The second kappa shape index (κ2) is 10.1. The molecule has 0 bridgehead atoms. The monoisotopic (exact) mass is 387 g/mol. The summed E-state index contributed by atoms with van der Waals surface area (Å²) < 4.78 is 32.0. The highest BCUT2D eigenvalue weighted by Gasteiger charge is 2.22. The van der Waals surface area contributed by atoms with E-state index in [1.54, 1.807) is 13.8 Å². The predicted octanol–water partition coefficient (Wildman–Crippen LogP) is -0.0518. The molecule has 1 aromatic rings. The molecule has 0 aromatic carbocycles. The molecule has 1 N–H and O–H groups in total. The molecule has 0 atom stereocenters. The largest absolute Gasteiger partial charge is 0.454 e. The van der Waals surface area contributed by atoms with E-state index in [9.17, 15) is 22.8 Å². The molecule has 0 aliphatic heterocycles. The zero-order valence-electron chi connectivity index (χ0n) is 15.2. The summed E-state index contributed by atoms with van der Waals surface area (Å²) in [6, 6.07) is 2.29. The van der Waals surface area contributed by atoms with Crippen LogP contribution in [0.3, 0.4) is 0 Å². The summed E-state index contributed by atoms with van der Waals surface area (Å²) in [5, 5.41) is 2.55. The van der Waals surface area contributed by atoms with Crippen LogP contribution in [0.1, 0.15) is 27.2 Å². The van der Waals surface area contributed by atoms with Crippen LogP contribution >= 0.6 is 0 Å².